The van der Waals surface area contributed by atoms with Crippen molar-refractivity contribution in [2.75, 3.05) is 11.4 Å². The minimum absolute atomic E-state index is 0.00110. The van der Waals surface area contributed by atoms with Crippen molar-refractivity contribution < 1.29 is 14.7 Å². The molecule has 3 atom stereocenters. The first-order valence-electron chi connectivity index (χ1n) is 13.1. The third-order valence-corrected chi connectivity index (χ3v) is 8.42. The van der Waals surface area contributed by atoms with Gasteiger partial charge in [-0.25, -0.2) is 4.98 Å². The van der Waals surface area contributed by atoms with E-state index in [1.807, 2.05) is 78.2 Å². The van der Waals surface area contributed by atoms with E-state index < -0.39 is 11.9 Å². The highest BCUT2D eigenvalue weighted by molar-refractivity contribution is 7.14. The standard InChI is InChI=1S/C31H30ClN3O3S/c32-27-14-8-7-13-25(27)28-20-39-31(34-28)35-19-23(33-18-21-9-3-1-4-10-21)15-16-24(22-11-5-2-6-12-22)26(30(35)38)17-29(36)37/h1-14,20,23-24,26,33H,15-19H2,(H,36,37)/t23?,24?,26-/m0/s1. The lowest BCUT2D eigenvalue weighted by Crippen LogP contribution is -2.49. The summed E-state index contributed by atoms with van der Waals surface area (Å²) in [4.78, 5) is 32.7. The maximum absolute atomic E-state index is 14.2. The number of nitrogens with one attached hydrogen (secondary N) is 1. The Balaban J connectivity index is 1.50. The van der Waals surface area contributed by atoms with Crippen LogP contribution in [0.15, 0.2) is 90.3 Å². The predicted molar refractivity (Wildman–Crippen MR) is 156 cm³/mol. The van der Waals surface area contributed by atoms with Gasteiger partial charge < -0.3 is 10.4 Å². The topological polar surface area (TPSA) is 82.5 Å². The summed E-state index contributed by atoms with van der Waals surface area (Å²) in [5.74, 6) is -2.11. The zero-order chi connectivity index (χ0) is 27.2. The van der Waals surface area contributed by atoms with Gasteiger partial charge in [-0.1, -0.05) is 90.5 Å². The van der Waals surface area contributed by atoms with Crippen molar-refractivity contribution >= 4 is 39.9 Å². The second-order valence-electron chi connectivity index (χ2n) is 9.81. The summed E-state index contributed by atoms with van der Waals surface area (Å²) >= 11 is 7.80. The van der Waals surface area contributed by atoms with Crippen LogP contribution in [-0.4, -0.2) is 34.6 Å². The normalized spacial score (nSPS) is 19.9. The SMILES string of the molecule is O=C(O)C[C@@H]1C(=O)N(c2nc(-c3ccccc3Cl)cs2)CC(NCc2ccccc2)CCC1c1ccccc1. The van der Waals surface area contributed by atoms with Gasteiger partial charge in [0.15, 0.2) is 5.13 Å². The van der Waals surface area contributed by atoms with Gasteiger partial charge >= 0.3 is 5.97 Å². The second-order valence-corrected chi connectivity index (χ2v) is 11.1. The number of hydrogen-bond donors (Lipinski definition) is 2. The van der Waals surface area contributed by atoms with Crippen LogP contribution in [0.2, 0.25) is 5.02 Å². The molecule has 3 aromatic carbocycles. The molecule has 1 fully saturated rings. The van der Waals surface area contributed by atoms with Gasteiger partial charge in [-0.15, -0.1) is 11.3 Å². The van der Waals surface area contributed by atoms with Gasteiger partial charge in [0.1, 0.15) is 0 Å². The van der Waals surface area contributed by atoms with E-state index in [9.17, 15) is 14.7 Å². The van der Waals surface area contributed by atoms with Crippen molar-refractivity contribution in [1.29, 1.82) is 0 Å². The number of aliphatic carboxylic acids is 1. The summed E-state index contributed by atoms with van der Waals surface area (Å²) < 4.78 is 0. The Labute approximate surface area is 237 Å². The van der Waals surface area contributed by atoms with E-state index >= 15 is 0 Å². The second kappa shape index (κ2) is 12.6. The molecule has 6 nitrogen and oxygen atoms in total. The third kappa shape index (κ3) is 6.56. The van der Waals surface area contributed by atoms with Gasteiger partial charge in [0, 0.05) is 35.1 Å². The number of thiazole rings is 1. The lowest BCUT2D eigenvalue weighted by molar-refractivity contribution is -0.141. The average molecular weight is 560 g/mol. The summed E-state index contributed by atoms with van der Waals surface area (Å²) in [5.41, 5.74) is 3.63. The summed E-state index contributed by atoms with van der Waals surface area (Å²) in [7, 11) is 0. The number of carbonyl (C=O) groups excluding carboxylic acids is 1. The Morgan fingerprint density at radius 2 is 1.69 bits per heavy atom. The Bertz CT molecular complexity index is 1410. The molecule has 39 heavy (non-hydrogen) atoms. The molecule has 1 aliphatic heterocycles. The summed E-state index contributed by atoms with van der Waals surface area (Å²) in [6.45, 7) is 1.07. The molecule has 4 aromatic rings. The van der Waals surface area contributed by atoms with Crippen LogP contribution in [0, 0.1) is 5.92 Å². The number of carbonyl (C=O) groups is 2. The van der Waals surface area contributed by atoms with Gasteiger partial charge in [-0.05, 0) is 36.0 Å². The molecule has 1 saturated heterocycles. The van der Waals surface area contributed by atoms with Gasteiger partial charge in [-0.2, -0.15) is 0 Å². The smallest absolute Gasteiger partial charge is 0.304 e. The average Bonchev–Trinajstić information content (AvgIpc) is 3.43. The Kier molecular flexibility index (Phi) is 8.71. The highest BCUT2D eigenvalue weighted by atomic mass is 35.5. The van der Waals surface area contributed by atoms with Gasteiger partial charge in [0.2, 0.25) is 5.91 Å². The first-order chi connectivity index (χ1) is 19.0. The van der Waals surface area contributed by atoms with Crippen LogP contribution < -0.4 is 10.2 Å². The van der Waals surface area contributed by atoms with Crippen molar-refractivity contribution in [2.24, 2.45) is 5.92 Å². The Morgan fingerprint density at radius 3 is 2.41 bits per heavy atom. The molecule has 1 aromatic heterocycles. The molecule has 8 heteroatoms. The Morgan fingerprint density at radius 1 is 1.00 bits per heavy atom. The number of benzene rings is 3. The number of rotatable bonds is 8. The number of carboxylic acids is 1. The molecule has 0 bridgehead atoms. The fourth-order valence-corrected chi connectivity index (χ4v) is 6.32. The largest absolute Gasteiger partial charge is 0.481 e. The zero-order valence-electron chi connectivity index (χ0n) is 21.4. The first-order valence-corrected chi connectivity index (χ1v) is 14.3. The molecule has 0 saturated carbocycles. The van der Waals surface area contributed by atoms with Gasteiger partial charge in [0.25, 0.3) is 0 Å². The monoisotopic (exact) mass is 559 g/mol. The number of anilines is 1. The van der Waals surface area contributed by atoms with Gasteiger partial charge in [0.05, 0.1) is 18.0 Å². The third-order valence-electron chi connectivity index (χ3n) is 7.23. The molecule has 0 aliphatic carbocycles. The zero-order valence-corrected chi connectivity index (χ0v) is 22.9. The van der Waals surface area contributed by atoms with Crippen LogP contribution in [0.5, 0.6) is 0 Å². The lowest BCUT2D eigenvalue weighted by Gasteiger charge is -2.36. The Hall–Kier alpha value is -3.52. The molecule has 0 radical (unpaired) electrons. The molecule has 0 spiro atoms. The number of amides is 1. The summed E-state index contributed by atoms with van der Waals surface area (Å²) in [6, 6.07) is 27.4. The van der Waals surface area contributed by atoms with Crippen LogP contribution in [0.3, 0.4) is 0 Å². The molecular formula is C31H30ClN3O3S. The van der Waals surface area contributed by atoms with Crippen LogP contribution >= 0.6 is 22.9 Å². The minimum atomic E-state index is -0.982. The van der Waals surface area contributed by atoms with Crippen LogP contribution in [-0.2, 0) is 16.1 Å². The first kappa shape index (κ1) is 27.1. The van der Waals surface area contributed by atoms with E-state index in [1.54, 1.807) is 4.90 Å². The fourth-order valence-electron chi connectivity index (χ4n) is 5.25. The van der Waals surface area contributed by atoms with E-state index in [0.717, 1.165) is 23.1 Å². The molecule has 2 heterocycles. The van der Waals surface area contributed by atoms with Crippen molar-refractivity contribution in [2.45, 2.75) is 37.8 Å². The number of hydrogen-bond acceptors (Lipinski definition) is 5. The van der Waals surface area contributed by atoms with Crippen LogP contribution in [0.25, 0.3) is 11.3 Å². The van der Waals surface area contributed by atoms with E-state index in [0.29, 0.717) is 35.4 Å². The van der Waals surface area contributed by atoms with Crippen LogP contribution in [0.4, 0.5) is 5.13 Å². The molecule has 1 aliphatic rings. The van der Waals surface area contributed by atoms with Gasteiger partial charge in [-0.3, -0.25) is 14.5 Å². The van der Waals surface area contributed by atoms with Crippen molar-refractivity contribution in [3.63, 3.8) is 0 Å². The summed E-state index contributed by atoms with van der Waals surface area (Å²) in [6.07, 6.45) is 1.26. The maximum atomic E-state index is 14.2. The number of halogens is 1. The van der Waals surface area contributed by atoms with E-state index in [1.165, 1.54) is 11.3 Å². The quantitative estimate of drug-likeness (QED) is 0.253. The highest BCUT2D eigenvalue weighted by Crippen LogP contribution is 2.38. The number of nitrogens with zero attached hydrogens (tertiary/aromatic N) is 2. The minimum Gasteiger partial charge on any atom is -0.481 e. The molecular weight excluding hydrogens is 530 g/mol. The molecule has 1 amide bonds. The predicted octanol–water partition coefficient (Wildman–Crippen LogP) is 6.62. The lowest BCUT2D eigenvalue weighted by atomic mass is 9.78. The summed E-state index contributed by atoms with van der Waals surface area (Å²) in [5, 5.41) is 16.5. The molecule has 200 valence electrons. The van der Waals surface area contributed by atoms with Crippen molar-refractivity contribution in [3.05, 3.63) is 106 Å². The van der Waals surface area contributed by atoms with E-state index in [2.05, 4.69) is 17.4 Å². The highest BCUT2D eigenvalue weighted by Gasteiger charge is 2.39. The fraction of sp³-hybridized carbons (Fsp3) is 0.258. The van der Waals surface area contributed by atoms with Crippen molar-refractivity contribution in [3.8, 4) is 11.3 Å². The molecule has 2 unspecified atom stereocenters. The number of carboxylic acid groups (broad SMARTS) is 1. The maximum Gasteiger partial charge on any atom is 0.304 e. The molecule has 2 N–H and O–H groups in total. The molecule has 5 rings (SSSR count). The number of aromatic nitrogens is 1. The van der Waals surface area contributed by atoms with Crippen molar-refractivity contribution in [1.82, 2.24) is 10.3 Å². The van der Waals surface area contributed by atoms with E-state index in [-0.39, 0.29) is 24.3 Å². The van der Waals surface area contributed by atoms with Crippen LogP contribution in [0.1, 0.15) is 36.3 Å². The van der Waals surface area contributed by atoms with E-state index in [4.69, 9.17) is 16.6 Å².